The summed E-state index contributed by atoms with van der Waals surface area (Å²) in [6.07, 6.45) is 5.17. The van der Waals surface area contributed by atoms with E-state index in [1.165, 1.54) is 6.33 Å². The lowest BCUT2D eigenvalue weighted by Crippen LogP contribution is -2.38. The molecule has 10 heteroatoms. The molecule has 0 saturated heterocycles. The summed E-state index contributed by atoms with van der Waals surface area (Å²) >= 11 is 6.72. The fraction of sp³-hybridized carbons (Fsp3) is 0.370. The minimum Gasteiger partial charge on any atom is -0.470 e. The highest BCUT2D eigenvalue weighted by Gasteiger charge is 2.41. The normalized spacial score (nSPS) is 14.5. The van der Waals surface area contributed by atoms with Crippen LogP contribution in [-0.2, 0) is 6.54 Å². The minimum atomic E-state index is -1.02. The third-order valence-corrected chi connectivity index (χ3v) is 6.55. The van der Waals surface area contributed by atoms with Crippen LogP contribution in [0.3, 0.4) is 0 Å². The summed E-state index contributed by atoms with van der Waals surface area (Å²) in [5.74, 6) is 0.672. The monoisotopic (exact) mass is 520 g/mol. The van der Waals surface area contributed by atoms with Crippen LogP contribution in [0.1, 0.15) is 55.2 Å². The van der Waals surface area contributed by atoms with Gasteiger partial charge in [0.15, 0.2) is 11.2 Å². The fourth-order valence-electron chi connectivity index (χ4n) is 3.94. The number of carbonyl (C=O) groups excluding carboxylic acids is 1. The molecular formula is C27H29ClN6O3. The second-order valence-corrected chi connectivity index (χ2v) is 10.8. The predicted octanol–water partition coefficient (Wildman–Crippen LogP) is 4.33. The lowest BCUT2D eigenvalue weighted by atomic mass is 10.1. The smallest absolute Gasteiger partial charge is 0.251 e. The van der Waals surface area contributed by atoms with Crippen LogP contribution in [-0.4, -0.2) is 53.3 Å². The first-order valence-corrected chi connectivity index (χ1v) is 12.5. The molecule has 0 aliphatic heterocycles. The van der Waals surface area contributed by atoms with Gasteiger partial charge >= 0.3 is 0 Å². The largest absolute Gasteiger partial charge is 0.470 e. The third kappa shape index (κ3) is 5.57. The number of benzene rings is 1. The van der Waals surface area contributed by atoms with Gasteiger partial charge in [-0.25, -0.2) is 9.97 Å². The molecule has 1 saturated carbocycles. The minimum absolute atomic E-state index is 0.116. The predicted molar refractivity (Wildman–Crippen MR) is 141 cm³/mol. The summed E-state index contributed by atoms with van der Waals surface area (Å²) in [6, 6.07) is 9.00. The zero-order valence-electron chi connectivity index (χ0n) is 21.2. The van der Waals surface area contributed by atoms with Crippen molar-refractivity contribution in [3.05, 3.63) is 64.7 Å². The maximum Gasteiger partial charge on any atom is 0.251 e. The van der Waals surface area contributed by atoms with Crippen molar-refractivity contribution in [2.75, 3.05) is 6.54 Å². The number of pyridine rings is 1. The zero-order valence-corrected chi connectivity index (χ0v) is 22.0. The maximum absolute atomic E-state index is 12.6. The van der Waals surface area contributed by atoms with E-state index in [-0.39, 0.29) is 18.1 Å². The van der Waals surface area contributed by atoms with Crippen molar-refractivity contribution in [2.24, 2.45) is 0 Å². The van der Waals surface area contributed by atoms with Crippen LogP contribution in [0.2, 0.25) is 5.02 Å². The maximum atomic E-state index is 12.6. The summed E-state index contributed by atoms with van der Waals surface area (Å²) in [7, 11) is 0. The Kier molecular flexibility index (Phi) is 6.37. The third-order valence-electron chi connectivity index (χ3n) is 6.24. The molecule has 0 radical (unpaired) electrons. The standard InChI is InChI=1S/C27H29ClN6O3/c1-16-7-10-29-18(11-16)13-34-22(33-21-23(34)31-15-32-25(21)37-27(4)8-9-27)19-6-5-17(12-20(19)28)24(35)30-14-26(2,3)36/h5-7,10-12,15,36H,8-9,13-14H2,1-4H3,(H,30,35). The van der Waals surface area contributed by atoms with E-state index in [0.29, 0.717) is 45.6 Å². The van der Waals surface area contributed by atoms with Gasteiger partial charge in [-0.15, -0.1) is 0 Å². The van der Waals surface area contributed by atoms with Crippen LogP contribution < -0.4 is 10.1 Å². The molecular weight excluding hydrogens is 492 g/mol. The number of nitrogens with one attached hydrogen (secondary N) is 1. The Morgan fingerprint density at radius 3 is 2.68 bits per heavy atom. The van der Waals surface area contributed by atoms with E-state index in [1.807, 2.05) is 30.5 Å². The molecule has 1 aliphatic rings. The number of nitrogens with zero attached hydrogens (tertiary/aromatic N) is 5. The Morgan fingerprint density at radius 2 is 2.00 bits per heavy atom. The number of aryl methyl sites for hydroxylation is 1. The first kappa shape index (κ1) is 25.1. The quantitative estimate of drug-likeness (QED) is 0.355. The van der Waals surface area contributed by atoms with Gasteiger partial charge in [-0.2, -0.15) is 4.98 Å². The first-order chi connectivity index (χ1) is 17.5. The van der Waals surface area contributed by atoms with Crippen molar-refractivity contribution in [1.29, 1.82) is 0 Å². The second-order valence-electron chi connectivity index (χ2n) is 10.4. The van der Waals surface area contributed by atoms with Crippen molar-refractivity contribution in [1.82, 2.24) is 29.8 Å². The highest BCUT2D eigenvalue weighted by atomic mass is 35.5. The van der Waals surface area contributed by atoms with Crippen molar-refractivity contribution in [2.45, 2.75) is 58.3 Å². The van der Waals surface area contributed by atoms with Crippen LogP contribution in [0, 0.1) is 6.92 Å². The van der Waals surface area contributed by atoms with Gasteiger partial charge in [0.25, 0.3) is 5.91 Å². The Balaban J connectivity index is 1.57. The average Bonchev–Trinajstić information content (AvgIpc) is 3.45. The van der Waals surface area contributed by atoms with Gasteiger partial charge < -0.3 is 19.7 Å². The molecule has 2 N–H and O–H groups in total. The Labute approximate surface area is 219 Å². The van der Waals surface area contributed by atoms with Gasteiger partial charge in [0.05, 0.1) is 22.9 Å². The highest BCUT2D eigenvalue weighted by Crippen LogP contribution is 2.41. The molecule has 3 aromatic heterocycles. The lowest BCUT2D eigenvalue weighted by molar-refractivity contribution is 0.0694. The molecule has 4 aromatic rings. The van der Waals surface area contributed by atoms with Crippen LogP contribution in [0.15, 0.2) is 42.9 Å². The van der Waals surface area contributed by atoms with Crippen LogP contribution in [0.5, 0.6) is 5.88 Å². The van der Waals surface area contributed by atoms with Crippen LogP contribution in [0.4, 0.5) is 0 Å². The Bertz CT molecular complexity index is 1490. The number of aromatic nitrogens is 5. The highest BCUT2D eigenvalue weighted by molar-refractivity contribution is 6.33. The number of ether oxygens (including phenoxy) is 1. The topological polar surface area (TPSA) is 115 Å². The number of hydrogen-bond donors (Lipinski definition) is 2. The average molecular weight is 521 g/mol. The summed E-state index contributed by atoms with van der Waals surface area (Å²) in [6.45, 7) is 7.84. The summed E-state index contributed by atoms with van der Waals surface area (Å²) in [5, 5.41) is 13.0. The molecule has 192 valence electrons. The summed E-state index contributed by atoms with van der Waals surface area (Å²) < 4.78 is 8.13. The van der Waals surface area contributed by atoms with Gasteiger partial charge in [-0.1, -0.05) is 11.6 Å². The van der Waals surface area contributed by atoms with E-state index in [9.17, 15) is 9.90 Å². The van der Waals surface area contributed by atoms with E-state index >= 15 is 0 Å². The number of aliphatic hydroxyl groups is 1. The van der Waals surface area contributed by atoms with E-state index in [1.54, 1.807) is 38.2 Å². The summed E-state index contributed by atoms with van der Waals surface area (Å²) in [4.78, 5) is 30.9. The zero-order chi connectivity index (χ0) is 26.4. The van der Waals surface area contributed by atoms with Gasteiger partial charge in [0.2, 0.25) is 5.88 Å². The van der Waals surface area contributed by atoms with Crippen molar-refractivity contribution >= 4 is 28.7 Å². The number of fused-ring (bicyclic) bond motifs is 1. The van der Waals surface area contributed by atoms with Gasteiger partial charge in [-0.05, 0) is 76.4 Å². The first-order valence-electron chi connectivity index (χ1n) is 12.1. The molecule has 3 heterocycles. The second kappa shape index (κ2) is 9.39. The Hall–Kier alpha value is -3.56. The molecule has 5 rings (SSSR count). The molecule has 37 heavy (non-hydrogen) atoms. The Morgan fingerprint density at radius 1 is 1.22 bits per heavy atom. The van der Waals surface area contributed by atoms with E-state index in [2.05, 4.69) is 20.3 Å². The van der Waals surface area contributed by atoms with Crippen molar-refractivity contribution in [3.63, 3.8) is 0 Å². The SMILES string of the molecule is Cc1ccnc(Cn2c(-c3ccc(C(=O)NCC(C)(C)O)cc3Cl)nc3c(OC4(C)CC4)ncnc32)c1. The number of rotatable bonds is 8. The molecule has 1 fully saturated rings. The molecule has 0 spiro atoms. The molecule has 1 amide bonds. The molecule has 0 atom stereocenters. The number of carbonyl (C=O) groups is 1. The van der Waals surface area contributed by atoms with Gasteiger partial charge in [0, 0.05) is 23.9 Å². The number of amides is 1. The molecule has 1 aromatic carbocycles. The molecule has 0 unspecified atom stereocenters. The molecule has 9 nitrogen and oxygen atoms in total. The lowest BCUT2D eigenvalue weighted by Gasteiger charge is -2.17. The van der Waals surface area contributed by atoms with Crippen LogP contribution >= 0.6 is 11.6 Å². The molecule has 1 aliphatic carbocycles. The van der Waals surface area contributed by atoms with Crippen molar-refractivity contribution in [3.8, 4) is 17.3 Å². The number of imidazole rings is 1. The number of halogens is 1. The fourth-order valence-corrected chi connectivity index (χ4v) is 4.21. The van der Waals surface area contributed by atoms with Crippen molar-refractivity contribution < 1.29 is 14.6 Å². The van der Waals surface area contributed by atoms with Crippen LogP contribution in [0.25, 0.3) is 22.6 Å². The summed E-state index contributed by atoms with van der Waals surface area (Å²) in [5.41, 5.74) is 2.84. The van der Waals surface area contributed by atoms with E-state index < -0.39 is 5.60 Å². The molecule has 0 bridgehead atoms. The van der Waals surface area contributed by atoms with E-state index in [0.717, 1.165) is 24.1 Å². The van der Waals surface area contributed by atoms with Gasteiger partial charge in [0.1, 0.15) is 17.8 Å². The number of hydrogen-bond acceptors (Lipinski definition) is 7. The van der Waals surface area contributed by atoms with E-state index in [4.69, 9.17) is 21.3 Å². The van der Waals surface area contributed by atoms with Gasteiger partial charge in [-0.3, -0.25) is 9.78 Å².